The largest absolute Gasteiger partial charge is 0.292 e. The predicted octanol–water partition coefficient (Wildman–Crippen LogP) is 2.51. The number of hydrogen-bond acceptors (Lipinski definition) is 1. The standard InChI is InChI=1S/C10H13N/c1-2-3-8-11-9-10-6-4-5-7-10/h4-6,9H,2-3,8H2,1H3. The van der Waals surface area contributed by atoms with E-state index in [1.165, 1.54) is 12.8 Å². The molecule has 1 aliphatic carbocycles. The van der Waals surface area contributed by atoms with E-state index in [0.29, 0.717) is 0 Å². The molecule has 0 fully saturated rings. The first kappa shape index (κ1) is 8.03. The molecule has 1 aliphatic rings. The van der Waals surface area contributed by atoms with Crippen molar-refractivity contribution in [3.63, 3.8) is 0 Å². The lowest BCUT2D eigenvalue weighted by Crippen LogP contribution is -1.81. The number of nitrogens with zero attached hydrogens (tertiary/aromatic N) is 1. The van der Waals surface area contributed by atoms with Crippen molar-refractivity contribution in [1.29, 1.82) is 0 Å². The second-order valence-corrected chi connectivity index (χ2v) is 2.51. The highest BCUT2D eigenvalue weighted by Gasteiger charge is 1.86. The summed E-state index contributed by atoms with van der Waals surface area (Å²) in [7, 11) is 0. The van der Waals surface area contributed by atoms with Crippen molar-refractivity contribution in [3.05, 3.63) is 29.5 Å². The lowest BCUT2D eigenvalue weighted by Gasteiger charge is -1.88. The van der Waals surface area contributed by atoms with E-state index in [2.05, 4.69) is 17.6 Å². The zero-order chi connectivity index (χ0) is 7.94. The number of allylic oxidation sites excluding steroid dienone is 3. The fourth-order valence-electron chi connectivity index (χ4n) is 0.837. The number of hydrogen-bond donors (Lipinski definition) is 0. The van der Waals surface area contributed by atoms with Crippen molar-refractivity contribution in [2.24, 2.45) is 4.99 Å². The van der Waals surface area contributed by atoms with Crippen LogP contribution in [-0.2, 0) is 0 Å². The van der Waals surface area contributed by atoms with Crippen molar-refractivity contribution >= 4 is 6.21 Å². The van der Waals surface area contributed by atoms with E-state index >= 15 is 0 Å². The normalized spacial score (nSPS) is 14.8. The molecule has 0 saturated heterocycles. The maximum atomic E-state index is 4.25. The molecule has 0 heterocycles. The van der Waals surface area contributed by atoms with Gasteiger partial charge in [0.1, 0.15) is 0 Å². The van der Waals surface area contributed by atoms with Crippen molar-refractivity contribution in [3.8, 4) is 0 Å². The third-order valence-electron chi connectivity index (χ3n) is 1.49. The van der Waals surface area contributed by atoms with Gasteiger partial charge in [-0.25, -0.2) is 0 Å². The maximum Gasteiger partial charge on any atom is 0.0389 e. The van der Waals surface area contributed by atoms with Gasteiger partial charge in [0.2, 0.25) is 0 Å². The van der Waals surface area contributed by atoms with E-state index in [4.69, 9.17) is 0 Å². The van der Waals surface area contributed by atoms with Crippen LogP contribution in [0, 0.1) is 0 Å². The van der Waals surface area contributed by atoms with Crippen LogP contribution in [0.25, 0.3) is 0 Å². The minimum Gasteiger partial charge on any atom is -0.292 e. The van der Waals surface area contributed by atoms with Crippen molar-refractivity contribution in [1.82, 2.24) is 0 Å². The third-order valence-corrected chi connectivity index (χ3v) is 1.49. The van der Waals surface area contributed by atoms with Crippen LogP contribution in [0.2, 0.25) is 0 Å². The first-order valence-corrected chi connectivity index (χ1v) is 4.06. The van der Waals surface area contributed by atoms with Crippen LogP contribution in [0.3, 0.4) is 0 Å². The summed E-state index contributed by atoms with van der Waals surface area (Å²) in [4.78, 5) is 4.25. The van der Waals surface area contributed by atoms with Gasteiger partial charge in [-0.05, 0) is 18.6 Å². The van der Waals surface area contributed by atoms with Gasteiger partial charge in [0.05, 0.1) is 0 Å². The molecule has 0 atom stereocenters. The molecule has 0 saturated carbocycles. The topological polar surface area (TPSA) is 12.4 Å². The molecule has 0 aromatic carbocycles. The second kappa shape index (κ2) is 4.70. The zero-order valence-electron chi connectivity index (χ0n) is 6.88. The lowest BCUT2D eigenvalue weighted by atomic mass is 10.3. The second-order valence-electron chi connectivity index (χ2n) is 2.51. The van der Waals surface area contributed by atoms with E-state index in [1.54, 1.807) is 0 Å². The summed E-state index contributed by atoms with van der Waals surface area (Å²) < 4.78 is 0. The van der Waals surface area contributed by atoms with E-state index in [1.807, 2.05) is 24.4 Å². The van der Waals surface area contributed by atoms with Crippen LogP contribution < -0.4 is 0 Å². The van der Waals surface area contributed by atoms with E-state index in [-0.39, 0.29) is 0 Å². The van der Waals surface area contributed by atoms with E-state index in [0.717, 1.165) is 12.1 Å². The molecule has 0 unspecified atom stereocenters. The highest BCUT2D eigenvalue weighted by molar-refractivity contribution is 5.83. The number of aliphatic imine (C=N–C) groups is 1. The van der Waals surface area contributed by atoms with Gasteiger partial charge in [0.15, 0.2) is 0 Å². The van der Waals surface area contributed by atoms with Crippen LogP contribution in [-0.4, -0.2) is 12.8 Å². The fraction of sp³-hybridized carbons (Fsp3) is 0.400. The quantitative estimate of drug-likeness (QED) is 0.329. The van der Waals surface area contributed by atoms with Crippen molar-refractivity contribution in [2.45, 2.75) is 19.8 Å². The molecule has 0 aliphatic heterocycles. The Kier molecular flexibility index (Phi) is 3.43. The summed E-state index contributed by atoms with van der Waals surface area (Å²) in [6.07, 6.45) is 10.2. The van der Waals surface area contributed by atoms with Gasteiger partial charge >= 0.3 is 0 Å². The highest BCUT2D eigenvalue weighted by atomic mass is 14.7. The summed E-state index contributed by atoms with van der Waals surface area (Å²) >= 11 is 0. The van der Waals surface area contributed by atoms with Crippen LogP contribution in [0.15, 0.2) is 34.5 Å². The van der Waals surface area contributed by atoms with Gasteiger partial charge < -0.3 is 0 Å². The molecule has 0 aromatic heterocycles. The SMILES string of the molecule is CCCCN=CC1=C=CC=C1. The molecular formula is C10H13N. The van der Waals surface area contributed by atoms with Crippen LogP contribution in [0.1, 0.15) is 19.8 Å². The molecular weight excluding hydrogens is 134 g/mol. The van der Waals surface area contributed by atoms with Gasteiger partial charge in [-0.1, -0.05) is 19.4 Å². The number of rotatable bonds is 4. The Balaban J connectivity index is 2.25. The van der Waals surface area contributed by atoms with Gasteiger partial charge in [-0.2, -0.15) is 0 Å². The van der Waals surface area contributed by atoms with Crippen molar-refractivity contribution < 1.29 is 0 Å². The molecule has 0 aromatic rings. The van der Waals surface area contributed by atoms with Gasteiger partial charge in [0, 0.05) is 18.3 Å². The summed E-state index contributed by atoms with van der Waals surface area (Å²) in [5, 5.41) is 0. The Hall–Kier alpha value is -1.07. The van der Waals surface area contributed by atoms with Crippen molar-refractivity contribution in [2.75, 3.05) is 6.54 Å². The summed E-state index contributed by atoms with van der Waals surface area (Å²) in [6.45, 7) is 3.11. The average molecular weight is 147 g/mol. The van der Waals surface area contributed by atoms with Gasteiger partial charge in [-0.15, -0.1) is 5.73 Å². The highest BCUT2D eigenvalue weighted by Crippen LogP contribution is 1.98. The monoisotopic (exact) mass is 147 g/mol. The molecule has 0 bridgehead atoms. The Morgan fingerprint density at radius 2 is 2.55 bits per heavy atom. The van der Waals surface area contributed by atoms with Gasteiger partial charge in [0.25, 0.3) is 0 Å². The minimum absolute atomic E-state index is 0.940. The smallest absolute Gasteiger partial charge is 0.0389 e. The molecule has 0 amide bonds. The molecule has 0 radical (unpaired) electrons. The fourth-order valence-corrected chi connectivity index (χ4v) is 0.837. The summed E-state index contributed by atoms with van der Waals surface area (Å²) in [5.41, 5.74) is 4.15. The molecule has 11 heavy (non-hydrogen) atoms. The van der Waals surface area contributed by atoms with E-state index < -0.39 is 0 Å². The lowest BCUT2D eigenvalue weighted by molar-refractivity contribution is 0.810. The Morgan fingerprint density at radius 1 is 1.64 bits per heavy atom. The first-order valence-electron chi connectivity index (χ1n) is 4.06. The minimum atomic E-state index is 0.940. The predicted molar refractivity (Wildman–Crippen MR) is 49.0 cm³/mol. The molecule has 0 N–H and O–H groups in total. The van der Waals surface area contributed by atoms with Crippen LogP contribution in [0.4, 0.5) is 0 Å². The summed E-state index contributed by atoms with van der Waals surface area (Å²) in [5.74, 6) is 0. The Bertz CT molecular complexity index is 227. The van der Waals surface area contributed by atoms with Crippen LogP contribution >= 0.6 is 0 Å². The molecule has 0 spiro atoms. The molecule has 1 nitrogen and oxygen atoms in total. The Labute approximate surface area is 67.8 Å². The summed E-state index contributed by atoms with van der Waals surface area (Å²) in [6, 6.07) is 0. The van der Waals surface area contributed by atoms with Crippen LogP contribution in [0.5, 0.6) is 0 Å². The molecule has 58 valence electrons. The maximum absolute atomic E-state index is 4.25. The van der Waals surface area contributed by atoms with E-state index in [9.17, 15) is 0 Å². The average Bonchev–Trinajstić information content (AvgIpc) is 2.50. The zero-order valence-corrected chi connectivity index (χ0v) is 6.88. The Morgan fingerprint density at radius 3 is 3.18 bits per heavy atom. The third kappa shape index (κ3) is 3.01. The number of unbranched alkanes of at least 4 members (excludes halogenated alkanes) is 1. The molecule has 1 heteroatoms. The van der Waals surface area contributed by atoms with Gasteiger partial charge in [-0.3, -0.25) is 4.99 Å². The first-order chi connectivity index (χ1) is 5.43. The molecule has 1 rings (SSSR count).